The lowest BCUT2D eigenvalue weighted by atomic mass is 10.2. The fourth-order valence-corrected chi connectivity index (χ4v) is 4.35. The standard InChI is InChI=1S/C17H18N4O4S2/c22-15(10-26-17-19-18-11-27-17)20-5-7-21(8-6-20)16(23)14-9-24-12-3-1-2-4-13(12)25-14/h1-4,11,14H,5-10H2/t14-/m0/s1. The summed E-state index contributed by atoms with van der Waals surface area (Å²) < 4.78 is 12.2. The van der Waals surface area contributed by atoms with Crippen molar-refractivity contribution in [1.82, 2.24) is 20.0 Å². The summed E-state index contributed by atoms with van der Waals surface area (Å²) in [7, 11) is 0. The van der Waals surface area contributed by atoms with Crippen LogP contribution in [0.1, 0.15) is 0 Å². The van der Waals surface area contributed by atoms with Gasteiger partial charge in [-0.1, -0.05) is 35.2 Å². The summed E-state index contributed by atoms with van der Waals surface area (Å²) >= 11 is 2.81. The van der Waals surface area contributed by atoms with Crippen LogP contribution < -0.4 is 9.47 Å². The minimum Gasteiger partial charge on any atom is -0.485 e. The Morgan fingerprint density at radius 3 is 2.63 bits per heavy atom. The number of amides is 2. The van der Waals surface area contributed by atoms with Crippen LogP contribution in [0.5, 0.6) is 11.5 Å². The van der Waals surface area contributed by atoms with Gasteiger partial charge in [0, 0.05) is 26.2 Å². The van der Waals surface area contributed by atoms with E-state index in [0.717, 1.165) is 4.34 Å². The SMILES string of the molecule is O=C(CSc1nncs1)N1CCN(C(=O)[C@@H]2COc3ccccc3O2)CC1. The van der Waals surface area contributed by atoms with Crippen molar-refractivity contribution in [1.29, 1.82) is 0 Å². The molecule has 3 heterocycles. The van der Waals surface area contributed by atoms with Gasteiger partial charge in [-0.15, -0.1) is 10.2 Å². The molecule has 0 bridgehead atoms. The second-order valence-electron chi connectivity index (χ2n) is 6.06. The van der Waals surface area contributed by atoms with Gasteiger partial charge in [-0.05, 0) is 12.1 Å². The molecule has 2 aliphatic heterocycles. The molecule has 2 amide bonds. The van der Waals surface area contributed by atoms with E-state index in [9.17, 15) is 9.59 Å². The highest BCUT2D eigenvalue weighted by molar-refractivity contribution is 8.01. The number of carbonyl (C=O) groups is 2. The average molecular weight is 406 g/mol. The van der Waals surface area contributed by atoms with Crippen LogP contribution in [0.15, 0.2) is 34.1 Å². The van der Waals surface area contributed by atoms with Crippen LogP contribution in [0.4, 0.5) is 0 Å². The minimum atomic E-state index is -0.643. The molecule has 0 unspecified atom stereocenters. The molecular formula is C17H18N4O4S2. The molecule has 1 saturated heterocycles. The van der Waals surface area contributed by atoms with E-state index in [2.05, 4.69) is 10.2 Å². The third-order valence-electron chi connectivity index (χ3n) is 4.39. The van der Waals surface area contributed by atoms with Crippen LogP contribution in [-0.2, 0) is 9.59 Å². The number of nitrogens with zero attached hydrogens (tertiary/aromatic N) is 4. The topological polar surface area (TPSA) is 84.9 Å². The van der Waals surface area contributed by atoms with Gasteiger partial charge >= 0.3 is 0 Å². The number of aromatic nitrogens is 2. The Balaban J connectivity index is 1.26. The molecular weight excluding hydrogens is 388 g/mol. The Hall–Kier alpha value is -2.33. The Kier molecular flexibility index (Phi) is 5.44. The number of piperazine rings is 1. The maximum atomic E-state index is 12.7. The molecule has 2 aromatic rings. The first-order valence-electron chi connectivity index (χ1n) is 8.55. The summed E-state index contributed by atoms with van der Waals surface area (Å²) in [5, 5.41) is 7.68. The van der Waals surface area contributed by atoms with Gasteiger partial charge in [0.25, 0.3) is 5.91 Å². The molecule has 4 rings (SSSR count). The van der Waals surface area contributed by atoms with E-state index in [-0.39, 0.29) is 18.4 Å². The summed E-state index contributed by atoms with van der Waals surface area (Å²) in [4.78, 5) is 28.6. The molecule has 1 atom stereocenters. The number of hydrogen-bond acceptors (Lipinski definition) is 8. The number of carbonyl (C=O) groups excluding carboxylic acids is 2. The molecule has 27 heavy (non-hydrogen) atoms. The zero-order chi connectivity index (χ0) is 18.6. The molecule has 10 heteroatoms. The molecule has 0 aliphatic carbocycles. The molecule has 0 saturated carbocycles. The molecule has 0 radical (unpaired) electrons. The van der Waals surface area contributed by atoms with Crippen LogP contribution in [0.3, 0.4) is 0 Å². The van der Waals surface area contributed by atoms with Gasteiger partial charge in [0.1, 0.15) is 12.1 Å². The molecule has 0 spiro atoms. The summed E-state index contributed by atoms with van der Waals surface area (Å²) in [5.74, 6) is 1.53. The lowest BCUT2D eigenvalue weighted by molar-refractivity contribution is -0.145. The number of rotatable bonds is 4. The number of para-hydroxylation sites is 2. The van der Waals surface area contributed by atoms with Gasteiger partial charge in [0.15, 0.2) is 15.8 Å². The quantitative estimate of drug-likeness (QED) is 0.704. The molecule has 1 aromatic heterocycles. The van der Waals surface area contributed by atoms with Gasteiger partial charge in [0.2, 0.25) is 12.0 Å². The van der Waals surface area contributed by atoms with Gasteiger partial charge in [-0.2, -0.15) is 0 Å². The van der Waals surface area contributed by atoms with E-state index < -0.39 is 6.10 Å². The van der Waals surface area contributed by atoms with Crippen LogP contribution >= 0.6 is 23.1 Å². The maximum Gasteiger partial charge on any atom is 0.267 e. The largest absolute Gasteiger partial charge is 0.485 e. The highest BCUT2D eigenvalue weighted by Crippen LogP contribution is 2.31. The fraction of sp³-hybridized carbons (Fsp3) is 0.412. The van der Waals surface area contributed by atoms with Crippen molar-refractivity contribution in [2.75, 3.05) is 38.5 Å². The predicted molar refractivity (Wildman–Crippen MR) is 100 cm³/mol. The first-order valence-corrected chi connectivity index (χ1v) is 10.4. The van der Waals surface area contributed by atoms with Crippen molar-refractivity contribution in [2.24, 2.45) is 0 Å². The molecule has 1 fully saturated rings. The average Bonchev–Trinajstić information content (AvgIpc) is 3.25. The van der Waals surface area contributed by atoms with E-state index in [1.807, 2.05) is 18.2 Å². The van der Waals surface area contributed by atoms with E-state index in [1.54, 1.807) is 21.4 Å². The monoisotopic (exact) mass is 406 g/mol. The number of hydrogen-bond donors (Lipinski definition) is 0. The number of ether oxygens (including phenoxy) is 2. The van der Waals surface area contributed by atoms with Gasteiger partial charge < -0.3 is 19.3 Å². The first-order chi connectivity index (χ1) is 13.2. The predicted octanol–water partition coefficient (Wildman–Crippen LogP) is 1.14. The van der Waals surface area contributed by atoms with Gasteiger partial charge in [-0.25, -0.2) is 0 Å². The first kappa shape index (κ1) is 18.1. The highest BCUT2D eigenvalue weighted by Gasteiger charge is 2.33. The Morgan fingerprint density at radius 1 is 1.15 bits per heavy atom. The van der Waals surface area contributed by atoms with Gasteiger partial charge in [-0.3, -0.25) is 9.59 Å². The molecule has 142 valence electrons. The maximum absolute atomic E-state index is 12.7. The zero-order valence-electron chi connectivity index (χ0n) is 14.4. The smallest absolute Gasteiger partial charge is 0.267 e. The minimum absolute atomic E-state index is 0.0495. The van der Waals surface area contributed by atoms with Gasteiger partial charge in [0.05, 0.1) is 5.75 Å². The van der Waals surface area contributed by atoms with E-state index >= 15 is 0 Å². The summed E-state index contributed by atoms with van der Waals surface area (Å²) in [6, 6.07) is 7.32. The lowest BCUT2D eigenvalue weighted by Crippen LogP contribution is -2.55. The lowest BCUT2D eigenvalue weighted by Gasteiger charge is -2.37. The number of benzene rings is 1. The van der Waals surface area contributed by atoms with Crippen LogP contribution in [0.25, 0.3) is 0 Å². The van der Waals surface area contributed by atoms with Crippen LogP contribution in [-0.4, -0.2) is 76.5 Å². The molecule has 8 nitrogen and oxygen atoms in total. The zero-order valence-corrected chi connectivity index (χ0v) is 16.1. The van der Waals surface area contributed by atoms with E-state index in [1.165, 1.54) is 23.1 Å². The Morgan fingerprint density at radius 2 is 1.89 bits per heavy atom. The number of fused-ring (bicyclic) bond motifs is 1. The summed E-state index contributed by atoms with van der Waals surface area (Å²) in [5.41, 5.74) is 1.65. The molecule has 0 N–H and O–H groups in total. The Labute approximate surface area is 164 Å². The van der Waals surface area contributed by atoms with Crippen molar-refractivity contribution >= 4 is 34.9 Å². The van der Waals surface area contributed by atoms with Crippen LogP contribution in [0, 0.1) is 0 Å². The number of thioether (sulfide) groups is 1. The third-order valence-corrected chi connectivity index (χ3v) is 6.23. The summed E-state index contributed by atoms with van der Waals surface area (Å²) in [6.07, 6.45) is -0.643. The normalized spacial score (nSPS) is 19.0. The van der Waals surface area contributed by atoms with Crippen molar-refractivity contribution in [3.8, 4) is 11.5 Å². The molecule has 2 aliphatic rings. The highest BCUT2D eigenvalue weighted by atomic mass is 32.2. The van der Waals surface area contributed by atoms with E-state index in [4.69, 9.17) is 9.47 Å². The van der Waals surface area contributed by atoms with Crippen molar-refractivity contribution in [3.05, 3.63) is 29.8 Å². The van der Waals surface area contributed by atoms with Crippen molar-refractivity contribution in [2.45, 2.75) is 10.4 Å². The van der Waals surface area contributed by atoms with Crippen molar-refractivity contribution < 1.29 is 19.1 Å². The Bertz CT molecular complexity index is 809. The second-order valence-corrected chi connectivity index (χ2v) is 8.12. The summed E-state index contributed by atoms with van der Waals surface area (Å²) in [6.45, 7) is 2.23. The van der Waals surface area contributed by atoms with Crippen LogP contribution in [0.2, 0.25) is 0 Å². The fourth-order valence-electron chi connectivity index (χ4n) is 2.96. The third kappa shape index (κ3) is 4.16. The second kappa shape index (κ2) is 8.13. The van der Waals surface area contributed by atoms with E-state index in [0.29, 0.717) is 43.4 Å². The molecule has 1 aromatic carbocycles. The van der Waals surface area contributed by atoms with Crippen molar-refractivity contribution in [3.63, 3.8) is 0 Å².